The minimum absolute atomic E-state index is 0.0550. The third-order valence-electron chi connectivity index (χ3n) is 7.65. The standard InChI is InChI=1S/C19H30ClF2NO2/c1-18-6-5-15(19(20)7-4-12(25)8-11(19)10-24)13(9-23)14(18)2-3-16(18)17(21)22/h11-15,24-25H,2-10,23H2,1H3/t11-,12+,13+,14?,15?,18+,19-/m1/s1. The van der Waals surface area contributed by atoms with Crippen LogP contribution in [-0.2, 0) is 0 Å². The lowest BCUT2D eigenvalue weighted by atomic mass is 9.54. The zero-order valence-electron chi connectivity index (χ0n) is 14.9. The summed E-state index contributed by atoms with van der Waals surface area (Å²) >= 11 is 7.11. The largest absolute Gasteiger partial charge is 0.396 e. The molecule has 3 saturated carbocycles. The summed E-state index contributed by atoms with van der Waals surface area (Å²) in [4.78, 5) is -0.597. The Labute approximate surface area is 153 Å². The second-order valence-corrected chi connectivity index (χ2v) is 9.28. The summed E-state index contributed by atoms with van der Waals surface area (Å²) in [5.41, 5.74) is 5.97. The average Bonchev–Trinajstić information content (AvgIpc) is 2.93. The molecule has 3 nitrogen and oxygen atoms in total. The van der Waals surface area contributed by atoms with Gasteiger partial charge in [0.2, 0.25) is 0 Å². The number of nitrogens with two attached hydrogens (primary N) is 1. The average molecular weight is 378 g/mol. The molecule has 0 saturated heterocycles. The van der Waals surface area contributed by atoms with E-state index < -0.39 is 22.5 Å². The molecular formula is C19H30ClF2NO2. The van der Waals surface area contributed by atoms with E-state index >= 15 is 0 Å². The maximum absolute atomic E-state index is 13.4. The van der Waals surface area contributed by atoms with Gasteiger partial charge in [-0.1, -0.05) is 6.92 Å². The van der Waals surface area contributed by atoms with E-state index in [1.807, 2.05) is 6.92 Å². The van der Waals surface area contributed by atoms with Crippen molar-refractivity contribution in [2.75, 3.05) is 13.2 Å². The van der Waals surface area contributed by atoms with Crippen LogP contribution in [0.3, 0.4) is 0 Å². The molecule has 3 rings (SSSR count). The van der Waals surface area contributed by atoms with Crippen molar-refractivity contribution < 1.29 is 19.0 Å². The van der Waals surface area contributed by atoms with E-state index in [0.717, 1.165) is 12.8 Å². The summed E-state index contributed by atoms with van der Waals surface area (Å²) in [7, 11) is 0. The number of aliphatic hydroxyl groups is 2. The molecule has 0 heterocycles. The van der Waals surface area contributed by atoms with Crippen molar-refractivity contribution >= 4 is 11.6 Å². The Balaban J connectivity index is 1.91. The first-order valence-corrected chi connectivity index (χ1v) is 9.88. The molecule has 0 bridgehead atoms. The lowest BCUT2D eigenvalue weighted by molar-refractivity contribution is -0.0214. The second-order valence-electron chi connectivity index (χ2n) is 8.58. The van der Waals surface area contributed by atoms with Crippen LogP contribution >= 0.6 is 11.6 Å². The number of allylic oxidation sites excluding steroid dienone is 1. The summed E-state index contributed by atoms with van der Waals surface area (Å²) in [6, 6.07) is 0. The first-order valence-electron chi connectivity index (χ1n) is 9.50. The van der Waals surface area contributed by atoms with Gasteiger partial charge in [-0.25, -0.2) is 0 Å². The highest BCUT2D eigenvalue weighted by molar-refractivity contribution is 6.24. The van der Waals surface area contributed by atoms with Crippen LogP contribution in [-0.4, -0.2) is 34.3 Å². The molecule has 0 radical (unpaired) electrons. The summed E-state index contributed by atoms with van der Waals surface area (Å²) in [6.45, 7) is 2.34. The lowest BCUT2D eigenvalue weighted by Crippen LogP contribution is -2.55. The van der Waals surface area contributed by atoms with Crippen molar-refractivity contribution in [3.05, 3.63) is 11.7 Å². The van der Waals surface area contributed by atoms with E-state index in [9.17, 15) is 19.0 Å². The first-order chi connectivity index (χ1) is 11.8. The van der Waals surface area contributed by atoms with Crippen LogP contribution in [0.15, 0.2) is 11.7 Å². The maximum atomic E-state index is 13.4. The van der Waals surface area contributed by atoms with Gasteiger partial charge in [-0.15, -0.1) is 11.6 Å². The maximum Gasteiger partial charge on any atom is 0.270 e. The monoisotopic (exact) mass is 377 g/mol. The third-order valence-corrected chi connectivity index (χ3v) is 8.43. The molecule has 3 aliphatic carbocycles. The Kier molecular flexibility index (Phi) is 5.52. The van der Waals surface area contributed by atoms with Gasteiger partial charge in [0.05, 0.1) is 11.0 Å². The number of aliphatic hydroxyl groups excluding tert-OH is 2. The van der Waals surface area contributed by atoms with Crippen LogP contribution in [0.4, 0.5) is 8.78 Å². The van der Waals surface area contributed by atoms with Crippen molar-refractivity contribution in [2.45, 2.75) is 62.8 Å². The molecule has 0 aromatic heterocycles. The van der Waals surface area contributed by atoms with Crippen LogP contribution in [0.25, 0.3) is 0 Å². The van der Waals surface area contributed by atoms with E-state index in [0.29, 0.717) is 44.2 Å². The van der Waals surface area contributed by atoms with Crippen molar-refractivity contribution in [1.29, 1.82) is 0 Å². The van der Waals surface area contributed by atoms with Crippen LogP contribution in [0.5, 0.6) is 0 Å². The number of fused-ring (bicyclic) bond motifs is 1. The third kappa shape index (κ3) is 3.05. The quantitative estimate of drug-likeness (QED) is 0.657. The topological polar surface area (TPSA) is 66.5 Å². The Bertz CT molecular complexity index is 542. The summed E-state index contributed by atoms with van der Waals surface area (Å²) in [5.74, 6) is 0.131. The fourth-order valence-electron chi connectivity index (χ4n) is 6.28. The molecular weight excluding hydrogens is 348 g/mol. The molecule has 0 aromatic rings. The van der Waals surface area contributed by atoms with Gasteiger partial charge in [0.15, 0.2) is 0 Å². The van der Waals surface area contributed by atoms with Gasteiger partial charge in [0.1, 0.15) is 0 Å². The molecule has 144 valence electrons. The van der Waals surface area contributed by atoms with Crippen LogP contribution in [0.2, 0.25) is 0 Å². The molecule has 7 atom stereocenters. The number of alkyl halides is 1. The van der Waals surface area contributed by atoms with Crippen LogP contribution < -0.4 is 5.73 Å². The first kappa shape index (κ1) is 19.5. The normalized spacial score (nSPS) is 47.6. The van der Waals surface area contributed by atoms with Crippen molar-refractivity contribution in [1.82, 2.24) is 0 Å². The predicted octanol–water partition coefficient (Wildman–Crippen LogP) is 3.67. The highest BCUT2D eigenvalue weighted by Gasteiger charge is 2.58. The SMILES string of the molecule is C[C@]12CCC([C@@]3(Cl)CC[C@H](O)C[C@@H]3CO)[C@@H](CN)C1CCC2=C(F)F. The van der Waals surface area contributed by atoms with Gasteiger partial charge in [-0.05, 0) is 74.7 Å². The second kappa shape index (κ2) is 7.06. The Morgan fingerprint density at radius 3 is 2.56 bits per heavy atom. The van der Waals surface area contributed by atoms with E-state index in [1.54, 1.807) is 0 Å². The number of halogens is 3. The molecule has 0 aliphatic heterocycles. The predicted molar refractivity (Wildman–Crippen MR) is 94.4 cm³/mol. The van der Waals surface area contributed by atoms with E-state index in [1.165, 1.54) is 0 Å². The van der Waals surface area contributed by atoms with Crippen molar-refractivity contribution in [2.24, 2.45) is 34.8 Å². The molecule has 3 fully saturated rings. The number of hydrogen-bond donors (Lipinski definition) is 3. The number of hydrogen-bond acceptors (Lipinski definition) is 3. The molecule has 0 amide bonds. The highest BCUT2D eigenvalue weighted by atomic mass is 35.5. The van der Waals surface area contributed by atoms with Crippen molar-refractivity contribution in [3.8, 4) is 0 Å². The zero-order chi connectivity index (χ0) is 18.4. The fourth-order valence-corrected chi connectivity index (χ4v) is 6.82. The molecule has 6 heteroatoms. The smallest absolute Gasteiger partial charge is 0.270 e. The molecule has 0 aromatic carbocycles. The van der Waals surface area contributed by atoms with Crippen LogP contribution in [0, 0.1) is 29.1 Å². The molecule has 2 unspecified atom stereocenters. The van der Waals surface area contributed by atoms with Crippen molar-refractivity contribution in [3.63, 3.8) is 0 Å². The molecule has 25 heavy (non-hydrogen) atoms. The van der Waals surface area contributed by atoms with Gasteiger partial charge in [-0.3, -0.25) is 0 Å². The Hall–Kier alpha value is -0.230. The fraction of sp³-hybridized carbons (Fsp3) is 0.895. The van der Waals surface area contributed by atoms with Gasteiger partial charge < -0.3 is 15.9 Å². The van der Waals surface area contributed by atoms with Gasteiger partial charge in [-0.2, -0.15) is 8.78 Å². The summed E-state index contributed by atoms with van der Waals surface area (Å²) in [6.07, 6.45) is 2.46. The lowest BCUT2D eigenvalue weighted by Gasteiger charge is -2.55. The molecule has 4 N–H and O–H groups in total. The van der Waals surface area contributed by atoms with Crippen LogP contribution in [0.1, 0.15) is 51.9 Å². The van der Waals surface area contributed by atoms with E-state index in [-0.39, 0.29) is 30.3 Å². The summed E-state index contributed by atoms with van der Waals surface area (Å²) < 4.78 is 26.9. The Morgan fingerprint density at radius 1 is 1.24 bits per heavy atom. The van der Waals surface area contributed by atoms with E-state index in [2.05, 4.69) is 0 Å². The highest BCUT2D eigenvalue weighted by Crippen LogP contribution is 2.63. The van der Waals surface area contributed by atoms with Gasteiger partial charge in [0.25, 0.3) is 6.08 Å². The Morgan fingerprint density at radius 2 is 1.96 bits per heavy atom. The van der Waals surface area contributed by atoms with E-state index in [4.69, 9.17) is 17.3 Å². The summed E-state index contributed by atoms with van der Waals surface area (Å²) in [5, 5.41) is 19.8. The van der Waals surface area contributed by atoms with Gasteiger partial charge in [0, 0.05) is 18.1 Å². The number of rotatable bonds is 3. The molecule has 0 spiro atoms. The minimum atomic E-state index is -1.52. The minimum Gasteiger partial charge on any atom is -0.396 e. The molecule has 3 aliphatic rings. The zero-order valence-corrected chi connectivity index (χ0v) is 15.6. The van der Waals surface area contributed by atoms with Gasteiger partial charge >= 0.3 is 0 Å².